The maximum atomic E-state index is 12.9. The van der Waals surface area contributed by atoms with Gasteiger partial charge in [-0.2, -0.15) is 0 Å². The SMILES string of the molecule is COc1ccc(/C=C/C(=O)N2CCc3cc(S(=O)(=O)NC4CCCC4)ccc32)c(OC)c1. The molecule has 1 N–H and O–H groups in total. The lowest BCUT2D eigenvalue weighted by atomic mass is 10.1. The highest BCUT2D eigenvalue weighted by molar-refractivity contribution is 7.89. The van der Waals surface area contributed by atoms with Crippen LogP contribution in [0.3, 0.4) is 0 Å². The molecular weight excluding hydrogens is 428 g/mol. The first-order valence-electron chi connectivity index (χ1n) is 10.8. The van der Waals surface area contributed by atoms with Gasteiger partial charge in [-0.1, -0.05) is 12.8 Å². The number of rotatable bonds is 7. The van der Waals surface area contributed by atoms with Crippen molar-refractivity contribution in [2.45, 2.75) is 43.0 Å². The molecule has 32 heavy (non-hydrogen) atoms. The van der Waals surface area contributed by atoms with Gasteiger partial charge in [-0.3, -0.25) is 4.79 Å². The molecule has 0 unspecified atom stereocenters. The lowest BCUT2D eigenvalue weighted by Gasteiger charge is -2.16. The Balaban J connectivity index is 1.50. The monoisotopic (exact) mass is 456 g/mol. The number of methoxy groups -OCH3 is 2. The average molecular weight is 457 g/mol. The van der Waals surface area contributed by atoms with Crippen LogP contribution in [0.15, 0.2) is 47.4 Å². The molecule has 0 saturated heterocycles. The summed E-state index contributed by atoms with van der Waals surface area (Å²) in [5.41, 5.74) is 2.38. The maximum Gasteiger partial charge on any atom is 0.251 e. The third-order valence-electron chi connectivity index (χ3n) is 6.05. The van der Waals surface area contributed by atoms with Crippen molar-refractivity contribution in [3.63, 3.8) is 0 Å². The van der Waals surface area contributed by atoms with Gasteiger partial charge in [-0.15, -0.1) is 0 Å². The summed E-state index contributed by atoms with van der Waals surface area (Å²) in [5, 5.41) is 0. The van der Waals surface area contributed by atoms with Crippen LogP contribution in [-0.2, 0) is 21.2 Å². The third kappa shape index (κ3) is 4.66. The zero-order valence-electron chi connectivity index (χ0n) is 18.3. The van der Waals surface area contributed by atoms with Gasteiger partial charge in [-0.05, 0) is 61.2 Å². The summed E-state index contributed by atoms with van der Waals surface area (Å²) < 4.78 is 38.9. The number of nitrogens with one attached hydrogen (secondary N) is 1. The van der Waals surface area contributed by atoms with Crippen molar-refractivity contribution < 1.29 is 22.7 Å². The Morgan fingerprint density at radius 3 is 2.59 bits per heavy atom. The lowest BCUT2D eigenvalue weighted by molar-refractivity contribution is -0.114. The standard InChI is InChI=1S/C24H28N2O5S/c1-30-20-9-7-17(23(16-20)31-2)8-12-24(27)26-14-13-18-15-21(10-11-22(18)26)32(28,29)25-19-5-3-4-6-19/h7-12,15-16,19,25H,3-6,13-14H2,1-2H3/b12-8+. The minimum atomic E-state index is -3.55. The summed E-state index contributed by atoms with van der Waals surface area (Å²) >= 11 is 0. The molecule has 1 fully saturated rings. The fraction of sp³-hybridized carbons (Fsp3) is 0.375. The van der Waals surface area contributed by atoms with Crippen molar-refractivity contribution in [1.82, 2.24) is 4.72 Å². The van der Waals surface area contributed by atoms with Crippen molar-refractivity contribution in [2.24, 2.45) is 0 Å². The number of amides is 1. The smallest absolute Gasteiger partial charge is 0.251 e. The minimum Gasteiger partial charge on any atom is -0.497 e. The van der Waals surface area contributed by atoms with Gasteiger partial charge in [0.2, 0.25) is 10.0 Å². The number of ether oxygens (including phenoxy) is 2. The van der Waals surface area contributed by atoms with Crippen molar-refractivity contribution >= 4 is 27.7 Å². The van der Waals surface area contributed by atoms with Crippen LogP contribution in [0, 0.1) is 0 Å². The molecule has 0 aromatic heterocycles. The molecule has 0 bridgehead atoms. The second-order valence-electron chi connectivity index (χ2n) is 8.07. The topological polar surface area (TPSA) is 84.9 Å². The molecule has 2 aliphatic rings. The van der Waals surface area contributed by atoms with Gasteiger partial charge >= 0.3 is 0 Å². The van der Waals surface area contributed by atoms with Crippen molar-refractivity contribution in [2.75, 3.05) is 25.7 Å². The van der Waals surface area contributed by atoms with Gasteiger partial charge in [0.15, 0.2) is 0 Å². The molecule has 2 aromatic carbocycles. The van der Waals surface area contributed by atoms with Gasteiger partial charge in [-0.25, -0.2) is 13.1 Å². The molecular formula is C24H28N2O5S. The Labute approximate surface area is 189 Å². The zero-order chi connectivity index (χ0) is 22.7. The van der Waals surface area contributed by atoms with Crippen LogP contribution in [0.2, 0.25) is 0 Å². The summed E-state index contributed by atoms with van der Waals surface area (Å²) in [7, 11) is -0.404. The Bertz CT molecular complexity index is 1140. The van der Waals surface area contributed by atoms with Gasteiger partial charge in [0.05, 0.1) is 19.1 Å². The first-order valence-corrected chi connectivity index (χ1v) is 12.3. The van der Waals surface area contributed by atoms with Crippen LogP contribution in [0.1, 0.15) is 36.8 Å². The number of hydrogen-bond donors (Lipinski definition) is 1. The molecule has 0 radical (unpaired) electrons. The Morgan fingerprint density at radius 1 is 1.09 bits per heavy atom. The number of hydrogen-bond acceptors (Lipinski definition) is 5. The van der Waals surface area contributed by atoms with Crippen LogP contribution < -0.4 is 19.1 Å². The first-order chi connectivity index (χ1) is 15.4. The van der Waals surface area contributed by atoms with Crippen molar-refractivity contribution in [3.05, 3.63) is 53.6 Å². The normalized spacial score (nSPS) is 16.5. The molecule has 8 heteroatoms. The van der Waals surface area contributed by atoms with E-state index in [1.165, 1.54) is 6.08 Å². The van der Waals surface area contributed by atoms with E-state index in [1.807, 2.05) is 6.07 Å². The van der Waals surface area contributed by atoms with Gasteiger partial charge in [0.25, 0.3) is 5.91 Å². The van der Waals surface area contributed by atoms with Crippen LogP contribution in [0.25, 0.3) is 6.08 Å². The molecule has 1 amide bonds. The van der Waals surface area contributed by atoms with Crippen LogP contribution in [0.4, 0.5) is 5.69 Å². The van der Waals surface area contributed by atoms with E-state index in [9.17, 15) is 13.2 Å². The van der Waals surface area contributed by atoms with Gasteiger partial charge in [0, 0.05) is 36.0 Å². The van der Waals surface area contributed by atoms with E-state index in [1.54, 1.807) is 55.5 Å². The minimum absolute atomic E-state index is 0.0198. The van der Waals surface area contributed by atoms with Crippen LogP contribution in [-0.4, -0.2) is 41.1 Å². The Kier molecular flexibility index (Phi) is 6.53. The molecule has 1 aliphatic carbocycles. The highest BCUT2D eigenvalue weighted by Crippen LogP contribution is 2.31. The summed E-state index contributed by atoms with van der Waals surface area (Å²) in [6.45, 7) is 0.512. The van der Waals surface area contributed by atoms with E-state index in [0.29, 0.717) is 24.5 Å². The predicted molar refractivity (Wildman–Crippen MR) is 124 cm³/mol. The fourth-order valence-electron chi connectivity index (χ4n) is 4.31. The number of benzene rings is 2. The molecule has 0 atom stereocenters. The number of fused-ring (bicyclic) bond motifs is 1. The van der Waals surface area contributed by atoms with Gasteiger partial charge in [0.1, 0.15) is 11.5 Å². The van der Waals surface area contributed by atoms with E-state index >= 15 is 0 Å². The summed E-state index contributed by atoms with van der Waals surface area (Å²) in [6, 6.07) is 10.4. The summed E-state index contributed by atoms with van der Waals surface area (Å²) in [4.78, 5) is 14.8. The third-order valence-corrected chi connectivity index (χ3v) is 7.56. The second-order valence-corrected chi connectivity index (χ2v) is 9.79. The number of nitrogens with zero attached hydrogens (tertiary/aromatic N) is 1. The number of carbonyl (C=O) groups excluding carboxylic acids is 1. The quantitative estimate of drug-likeness (QED) is 0.645. The summed E-state index contributed by atoms with van der Waals surface area (Å²) in [5.74, 6) is 1.12. The maximum absolute atomic E-state index is 12.9. The highest BCUT2D eigenvalue weighted by atomic mass is 32.2. The number of sulfonamides is 1. The molecule has 0 spiro atoms. The molecule has 1 saturated carbocycles. The van der Waals surface area contributed by atoms with Crippen molar-refractivity contribution in [1.29, 1.82) is 0 Å². The van der Waals surface area contributed by atoms with E-state index in [4.69, 9.17) is 9.47 Å². The molecule has 7 nitrogen and oxygen atoms in total. The second kappa shape index (κ2) is 9.34. The lowest BCUT2D eigenvalue weighted by Crippen LogP contribution is -2.32. The molecule has 1 heterocycles. The van der Waals surface area contributed by atoms with Gasteiger partial charge < -0.3 is 14.4 Å². The predicted octanol–water partition coefficient (Wildman–Crippen LogP) is 3.53. The van der Waals surface area contributed by atoms with E-state index < -0.39 is 10.0 Å². The average Bonchev–Trinajstić information content (AvgIpc) is 3.46. The Hall–Kier alpha value is -2.84. The zero-order valence-corrected chi connectivity index (χ0v) is 19.2. The fourth-order valence-corrected chi connectivity index (χ4v) is 5.67. The molecule has 2 aromatic rings. The van der Waals surface area contributed by atoms with Crippen LogP contribution >= 0.6 is 0 Å². The molecule has 1 aliphatic heterocycles. The highest BCUT2D eigenvalue weighted by Gasteiger charge is 2.27. The van der Waals surface area contributed by atoms with E-state index in [0.717, 1.165) is 42.5 Å². The largest absolute Gasteiger partial charge is 0.497 e. The summed E-state index contributed by atoms with van der Waals surface area (Å²) in [6.07, 6.45) is 7.73. The van der Waals surface area contributed by atoms with E-state index in [-0.39, 0.29) is 16.8 Å². The van der Waals surface area contributed by atoms with E-state index in [2.05, 4.69) is 4.72 Å². The number of carbonyl (C=O) groups is 1. The van der Waals surface area contributed by atoms with Crippen LogP contribution in [0.5, 0.6) is 11.5 Å². The first kappa shape index (κ1) is 22.4. The number of anilines is 1. The molecule has 170 valence electrons. The van der Waals surface area contributed by atoms with Crippen molar-refractivity contribution in [3.8, 4) is 11.5 Å². The molecule has 4 rings (SSSR count). The Morgan fingerprint density at radius 2 is 1.88 bits per heavy atom.